The Kier molecular flexibility index (Phi) is 10.3. The van der Waals surface area contributed by atoms with E-state index in [-0.39, 0.29) is 23.8 Å². The van der Waals surface area contributed by atoms with Crippen LogP contribution in [0, 0.1) is 13.8 Å². The highest BCUT2D eigenvalue weighted by atomic mass is 32.2. The van der Waals surface area contributed by atoms with E-state index in [4.69, 9.17) is 0 Å². The van der Waals surface area contributed by atoms with Crippen molar-refractivity contribution >= 4 is 27.5 Å². The minimum atomic E-state index is -4.13. The first-order valence-electron chi connectivity index (χ1n) is 14.7. The monoisotopic (exact) mass is 611 g/mol. The van der Waals surface area contributed by atoms with Crippen LogP contribution in [0.25, 0.3) is 0 Å². The fourth-order valence-corrected chi connectivity index (χ4v) is 6.27. The van der Waals surface area contributed by atoms with Crippen molar-refractivity contribution in [3.63, 3.8) is 0 Å². The van der Waals surface area contributed by atoms with Crippen molar-refractivity contribution in [3.05, 3.63) is 131 Å². The lowest BCUT2D eigenvalue weighted by atomic mass is 10.0. The number of benzene rings is 4. The smallest absolute Gasteiger partial charge is 0.264 e. The van der Waals surface area contributed by atoms with Gasteiger partial charge >= 0.3 is 0 Å². The Morgan fingerprint density at radius 2 is 1.25 bits per heavy atom. The summed E-state index contributed by atoms with van der Waals surface area (Å²) in [5.41, 5.74) is 3.51. The number of aryl methyl sites for hydroxylation is 2. The summed E-state index contributed by atoms with van der Waals surface area (Å²) in [7, 11) is -4.13. The van der Waals surface area contributed by atoms with Gasteiger partial charge in [0.15, 0.2) is 0 Å². The second-order valence-electron chi connectivity index (χ2n) is 12.1. The molecule has 4 aromatic rings. The highest BCUT2D eigenvalue weighted by Gasteiger charge is 2.35. The van der Waals surface area contributed by atoms with Crippen LogP contribution in [0.3, 0.4) is 0 Å². The van der Waals surface area contributed by atoms with Gasteiger partial charge < -0.3 is 10.2 Å². The van der Waals surface area contributed by atoms with E-state index in [0.29, 0.717) is 5.69 Å². The highest BCUT2D eigenvalue weighted by molar-refractivity contribution is 7.92. The molecule has 0 aliphatic heterocycles. The standard InChI is InChI=1S/C36H41N3O4S/c1-27-16-20-30(21-17-27)25-38(33(35(41)37-36(3,4)5)24-29-12-8-6-9-13-29)34(40)26-39(31-14-10-7-11-15-31)44(42,43)32-22-18-28(2)19-23-32/h6-23,33H,24-26H2,1-5H3,(H,37,41)/t33-/m1/s1. The Bertz CT molecular complexity index is 1650. The maximum Gasteiger partial charge on any atom is 0.264 e. The van der Waals surface area contributed by atoms with Gasteiger partial charge in [0.05, 0.1) is 10.6 Å². The van der Waals surface area contributed by atoms with Crippen LogP contribution in [0.15, 0.2) is 114 Å². The third-order valence-corrected chi connectivity index (χ3v) is 8.96. The maximum atomic E-state index is 14.5. The van der Waals surface area contributed by atoms with Crippen molar-refractivity contribution in [2.24, 2.45) is 0 Å². The number of sulfonamides is 1. The Hall–Kier alpha value is -4.43. The van der Waals surface area contributed by atoms with Gasteiger partial charge in [-0.2, -0.15) is 0 Å². The molecule has 0 radical (unpaired) electrons. The molecule has 0 aliphatic carbocycles. The van der Waals surface area contributed by atoms with Gasteiger partial charge in [0, 0.05) is 18.5 Å². The Morgan fingerprint density at radius 1 is 0.727 bits per heavy atom. The van der Waals surface area contributed by atoms with Crippen molar-refractivity contribution in [1.29, 1.82) is 0 Å². The molecule has 0 saturated heterocycles. The molecule has 0 aliphatic rings. The third kappa shape index (κ3) is 8.57. The van der Waals surface area contributed by atoms with Crippen molar-refractivity contribution in [1.82, 2.24) is 10.2 Å². The second-order valence-corrected chi connectivity index (χ2v) is 14.0. The number of amides is 2. The quantitative estimate of drug-likeness (QED) is 0.224. The summed E-state index contributed by atoms with van der Waals surface area (Å²) in [5.74, 6) is -0.801. The van der Waals surface area contributed by atoms with Gasteiger partial charge in [-0.15, -0.1) is 0 Å². The summed E-state index contributed by atoms with van der Waals surface area (Å²) in [6.07, 6.45) is 0.260. The van der Waals surface area contributed by atoms with E-state index < -0.39 is 34.1 Å². The zero-order valence-electron chi connectivity index (χ0n) is 26.0. The number of nitrogens with zero attached hydrogens (tertiary/aromatic N) is 2. The van der Waals surface area contributed by atoms with Crippen LogP contribution in [0.1, 0.15) is 43.0 Å². The largest absolute Gasteiger partial charge is 0.350 e. The molecule has 0 fully saturated rings. The van der Waals surface area contributed by atoms with Gasteiger partial charge in [-0.3, -0.25) is 13.9 Å². The maximum absolute atomic E-state index is 14.5. The lowest BCUT2D eigenvalue weighted by Crippen LogP contribution is -2.56. The van der Waals surface area contributed by atoms with E-state index in [1.807, 2.05) is 89.2 Å². The molecule has 2 amide bonds. The van der Waals surface area contributed by atoms with E-state index in [1.165, 1.54) is 4.90 Å². The summed E-state index contributed by atoms with van der Waals surface area (Å²) in [4.78, 5) is 30.0. The van der Waals surface area contributed by atoms with Gasteiger partial charge in [0.2, 0.25) is 11.8 Å². The normalized spacial score (nSPS) is 12.3. The minimum Gasteiger partial charge on any atom is -0.350 e. The number of anilines is 1. The molecule has 8 heteroatoms. The molecule has 0 spiro atoms. The second kappa shape index (κ2) is 13.9. The number of nitrogens with one attached hydrogen (secondary N) is 1. The van der Waals surface area contributed by atoms with Crippen LogP contribution in [-0.2, 0) is 32.6 Å². The number of carbonyl (C=O) groups excluding carboxylic acids is 2. The third-order valence-electron chi connectivity index (χ3n) is 7.17. The molecule has 0 bridgehead atoms. The summed E-state index contributed by atoms with van der Waals surface area (Å²) >= 11 is 0. The van der Waals surface area contributed by atoms with Crippen LogP contribution in [0.5, 0.6) is 0 Å². The van der Waals surface area contributed by atoms with E-state index in [0.717, 1.165) is 26.6 Å². The molecule has 0 unspecified atom stereocenters. The molecule has 7 nitrogen and oxygen atoms in total. The fourth-order valence-electron chi connectivity index (χ4n) is 4.86. The predicted molar refractivity (Wildman–Crippen MR) is 176 cm³/mol. The first kappa shape index (κ1) is 32.5. The van der Waals surface area contributed by atoms with E-state index in [9.17, 15) is 18.0 Å². The predicted octanol–water partition coefficient (Wildman–Crippen LogP) is 6.05. The van der Waals surface area contributed by atoms with Crippen molar-refractivity contribution in [3.8, 4) is 0 Å². The Balaban J connectivity index is 1.79. The van der Waals surface area contributed by atoms with Gasteiger partial charge in [-0.1, -0.05) is 96.1 Å². The zero-order valence-corrected chi connectivity index (χ0v) is 26.8. The summed E-state index contributed by atoms with van der Waals surface area (Å²) in [5, 5.41) is 3.05. The summed E-state index contributed by atoms with van der Waals surface area (Å²) < 4.78 is 29.2. The van der Waals surface area contributed by atoms with E-state index in [2.05, 4.69) is 5.32 Å². The van der Waals surface area contributed by atoms with Gasteiger partial charge in [0.25, 0.3) is 10.0 Å². The zero-order chi connectivity index (χ0) is 31.9. The number of hydrogen-bond donors (Lipinski definition) is 1. The van der Waals surface area contributed by atoms with Crippen molar-refractivity contribution in [2.45, 2.75) is 64.1 Å². The van der Waals surface area contributed by atoms with Crippen molar-refractivity contribution < 1.29 is 18.0 Å². The molecular formula is C36H41N3O4S. The van der Waals surface area contributed by atoms with Crippen LogP contribution >= 0.6 is 0 Å². The van der Waals surface area contributed by atoms with Crippen LogP contribution in [-0.4, -0.2) is 43.3 Å². The van der Waals surface area contributed by atoms with Gasteiger partial charge in [-0.25, -0.2) is 8.42 Å². The Morgan fingerprint density at radius 3 is 1.80 bits per heavy atom. The van der Waals surface area contributed by atoms with Gasteiger partial charge in [-0.05, 0) is 70.0 Å². The average molecular weight is 612 g/mol. The number of rotatable bonds is 11. The molecule has 1 atom stereocenters. The lowest BCUT2D eigenvalue weighted by molar-refractivity contribution is -0.140. The molecule has 230 valence electrons. The molecule has 0 aromatic heterocycles. The SMILES string of the molecule is Cc1ccc(CN(C(=O)CN(c2ccccc2)S(=O)(=O)c2ccc(C)cc2)[C@H](Cc2ccccc2)C(=O)NC(C)(C)C)cc1. The fraction of sp³-hybridized carbons (Fsp3) is 0.278. The van der Waals surface area contributed by atoms with E-state index >= 15 is 0 Å². The molecule has 0 saturated carbocycles. The lowest BCUT2D eigenvalue weighted by Gasteiger charge is -2.35. The van der Waals surface area contributed by atoms with Crippen LogP contribution < -0.4 is 9.62 Å². The molecular weight excluding hydrogens is 570 g/mol. The van der Waals surface area contributed by atoms with Crippen molar-refractivity contribution in [2.75, 3.05) is 10.8 Å². The molecule has 4 rings (SSSR count). The Labute approximate surface area is 261 Å². The number of hydrogen-bond acceptors (Lipinski definition) is 4. The van der Waals surface area contributed by atoms with Gasteiger partial charge in [0.1, 0.15) is 12.6 Å². The van der Waals surface area contributed by atoms with E-state index in [1.54, 1.807) is 54.6 Å². The minimum absolute atomic E-state index is 0.0798. The average Bonchev–Trinajstić information content (AvgIpc) is 2.98. The van der Waals surface area contributed by atoms with Crippen LogP contribution in [0.2, 0.25) is 0 Å². The molecule has 44 heavy (non-hydrogen) atoms. The number of carbonyl (C=O) groups is 2. The molecule has 0 heterocycles. The summed E-state index contributed by atoms with van der Waals surface area (Å²) in [6.45, 7) is 9.18. The molecule has 1 N–H and O–H groups in total. The summed E-state index contributed by atoms with van der Waals surface area (Å²) in [6, 6.07) is 31.5. The highest BCUT2D eigenvalue weighted by Crippen LogP contribution is 2.25. The van der Waals surface area contributed by atoms with Crippen LogP contribution in [0.4, 0.5) is 5.69 Å². The number of para-hydroxylation sites is 1. The first-order chi connectivity index (χ1) is 20.8. The first-order valence-corrected chi connectivity index (χ1v) is 16.1. The topological polar surface area (TPSA) is 86.8 Å². The molecule has 4 aromatic carbocycles.